The number of ether oxygens (including phenoxy) is 1. The Hall–Kier alpha value is -1.08. The molecule has 0 spiro atoms. The summed E-state index contributed by atoms with van der Waals surface area (Å²) < 4.78 is 6.85. The first-order valence-corrected chi connectivity index (χ1v) is 7.33. The lowest BCUT2D eigenvalue weighted by Crippen LogP contribution is -2.50. The van der Waals surface area contributed by atoms with E-state index in [0.717, 1.165) is 31.0 Å². The summed E-state index contributed by atoms with van der Waals surface area (Å²) in [4.78, 5) is 12.0. The lowest BCUT2D eigenvalue weighted by atomic mass is 9.98. The summed E-state index contributed by atoms with van der Waals surface area (Å²) in [5.74, 6) is -0.157. The normalized spacial score (nSPS) is 26.6. The Balaban J connectivity index is 2.04. The minimum absolute atomic E-state index is 0.157. The highest BCUT2D eigenvalue weighted by Crippen LogP contribution is 2.40. The van der Waals surface area contributed by atoms with Crippen LogP contribution in [0.5, 0.6) is 0 Å². The maximum Gasteiger partial charge on any atom is 0.326 e. The van der Waals surface area contributed by atoms with Crippen LogP contribution in [0.4, 0.5) is 0 Å². The van der Waals surface area contributed by atoms with Gasteiger partial charge in [-0.05, 0) is 25.8 Å². The van der Waals surface area contributed by atoms with Gasteiger partial charge in [-0.1, -0.05) is 18.7 Å². The molecule has 0 saturated heterocycles. The van der Waals surface area contributed by atoms with Crippen LogP contribution in [0, 0.1) is 0 Å². The molecule has 0 aromatic carbocycles. The Morgan fingerprint density at radius 2 is 2.53 bits per heavy atom. The summed E-state index contributed by atoms with van der Waals surface area (Å²) in [5, 5.41) is 12.5. The molecule has 106 valence electrons. The third-order valence-electron chi connectivity index (χ3n) is 3.50. The van der Waals surface area contributed by atoms with Gasteiger partial charge >= 0.3 is 5.97 Å². The molecule has 1 aliphatic carbocycles. The molecule has 1 aliphatic rings. The van der Waals surface area contributed by atoms with E-state index in [2.05, 4.69) is 15.5 Å². The minimum atomic E-state index is -0.528. The van der Waals surface area contributed by atoms with E-state index in [1.807, 2.05) is 18.5 Å². The summed E-state index contributed by atoms with van der Waals surface area (Å²) in [6, 6.07) is 0. The fourth-order valence-corrected chi connectivity index (χ4v) is 3.79. The highest BCUT2D eigenvalue weighted by molar-refractivity contribution is 7.99. The van der Waals surface area contributed by atoms with E-state index < -0.39 is 5.54 Å². The van der Waals surface area contributed by atoms with Gasteiger partial charge in [0.05, 0.1) is 7.11 Å². The Morgan fingerprint density at radius 1 is 1.74 bits per heavy atom. The number of nitrogens with zero attached hydrogens (tertiary/aromatic N) is 3. The number of hydrogen-bond donors (Lipinski definition) is 1. The van der Waals surface area contributed by atoms with Crippen molar-refractivity contribution in [2.45, 2.75) is 42.1 Å². The molecule has 1 aromatic heterocycles. The number of aryl methyl sites for hydroxylation is 1. The van der Waals surface area contributed by atoms with Crippen LogP contribution in [0.1, 0.15) is 26.2 Å². The van der Waals surface area contributed by atoms with Crippen molar-refractivity contribution in [3.8, 4) is 0 Å². The lowest BCUT2D eigenvalue weighted by Gasteiger charge is -2.27. The fraction of sp³-hybridized carbons (Fsp3) is 0.750. The van der Waals surface area contributed by atoms with Crippen LogP contribution in [0.3, 0.4) is 0 Å². The number of thioether (sulfide) groups is 1. The van der Waals surface area contributed by atoms with Crippen LogP contribution in [0.2, 0.25) is 0 Å². The molecule has 0 aliphatic heterocycles. The first-order chi connectivity index (χ1) is 9.11. The van der Waals surface area contributed by atoms with E-state index in [-0.39, 0.29) is 5.97 Å². The summed E-state index contributed by atoms with van der Waals surface area (Å²) in [7, 11) is 3.37. The van der Waals surface area contributed by atoms with Crippen LogP contribution in [0.15, 0.2) is 11.5 Å². The van der Waals surface area contributed by atoms with Gasteiger partial charge in [0.1, 0.15) is 11.9 Å². The third-order valence-corrected chi connectivity index (χ3v) is 4.82. The molecule has 2 atom stereocenters. The molecule has 7 heteroatoms. The predicted molar refractivity (Wildman–Crippen MR) is 72.9 cm³/mol. The molecule has 2 rings (SSSR count). The highest BCUT2D eigenvalue weighted by Gasteiger charge is 2.46. The van der Waals surface area contributed by atoms with Crippen LogP contribution < -0.4 is 5.32 Å². The molecule has 0 amide bonds. The zero-order chi connectivity index (χ0) is 13.9. The van der Waals surface area contributed by atoms with E-state index >= 15 is 0 Å². The zero-order valence-electron chi connectivity index (χ0n) is 11.5. The topological polar surface area (TPSA) is 69.0 Å². The van der Waals surface area contributed by atoms with Crippen molar-refractivity contribution in [2.24, 2.45) is 7.05 Å². The van der Waals surface area contributed by atoms with Crippen molar-refractivity contribution in [1.29, 1.82) is 0 Å². The molecule has 0 radical (unpaired) electrons. The molecular formula is C12H20N4O2S. The van der Waals surface area contributed by atoms with Crippen molar-refractivity contribution in [3.63, 3.8) is 0 Å². The standard InChI is InChI=1S/C12H20N4O2S/c1-4-13-12(10(17)18-3)6-5-9(7-12)19-11-15-14-8-16(11)2/h8-9,13H,4-7H2,1-3H3. The van der Waals surface area contributed by atoms with Crippen LogP contribution >= 0.6 is 11.8 Å². The van der Waals surface area contributed by atoms with E-state index in [0.29, 0.717) is 5.25 Å². The van der Waals surface area contributed by atoms with Gasteiger partial charge < -0.3 is 14.6 Å². The maximum absolute atomic E-state index is 12.0. The van der Waals surface area contributed by atoms with Gasteiger partial charge in [-0.15, -0.1) is 10.2 Å². The van der Waals surface area contributed by atoms with Crippen molar-refractivity contribution in [1.82, 2.24) is 20.1 Å². The number of hydrogen-bond acceptors (Lipinski definition) is 6. The quantitative estimate of drug-likeness (QED) is 0.813. The van der Waals surface area contributed by atoms with E-state index in [4.69, 9.17) is 4.74 Å². The lowest BCUT2D eigenvalue weighted by molar-refractivity contribution is -0.148. The van der Waals surface area contributed by atoms with E-state index in [1.165, 1.54) is 7.11 Å². The average Bonchev–Trinajstić information content (AvgIpc) is 2.98. The number of nitrogens with one attached hydrogen (secondary N) is 1. The smallest absolute Gasteiger partial charge is 0.326 e. The molecule has 2 unspecified atom stereocenters. The maximum atomic E-state index is 12.0. The van der Waals surface area contributed by atoms with Crippen molar-refractivity contribution in [2.75, 3.05) is 13.7 Å². The van der Waals surface area contributed by atoms with Crippen molar-refractivity contribution < 1.29 is 9.53 Å². The number of rotatable bonds is 5. The summed E-state index contributed by atoms with van der Waals surface area (Å²) >= 11 is 1.68. The van der Waals surface area contributed by atoms with Crippen molar-refractivity contribution in [3.05, 3.63) is 6.33 Å². The van der Waals surface area contributed by atoms with Crippen LogP contribution in [0.25, 0.3) is 0 Å². The van der Waals surface area contributed by atoms with Gasteiger partial charge in [-0.2, -0.15) is 0 Å². The Labute approximate surface area is 117 Å². The Kier molecular flexibility index (Phi) is 4.46. The summed E-state index contributed by atoms with van der Waals surface area (Å²) in [5.41, 5.74) is -0.528. The number of likely N-dealkylation sites (N-methyl/N-ethyl adjacent to an activating group) is 1. The number of carbonyl (C=O) groups excluding carboxylic acids is 1. The van der Waals surface area contributed by atoms with Crippen LogP contribution in [-0.4, -0.2) is 45.2 Å². The fourth-order valence-electron chi connectivity index (χ4n) is 2.58. The molecule has 1 fully saturated rings. The molecule has 1 N–H and O–H groups in total. The molecule has 1 aromatic rings. The van der Waals surface area contributed by atoms with Crippen LogP contribution in [-0.2, 0) is 16.6 Å². The summed E-state index contributed by atoms with van der Waals surface area (Å²) in [6.07, 6.45) is 4.24. The molecule has 6 nitrogen and oxygen atoms in total. The van der Waals surface area contributed by atoms with Gasteiger partial charge in [0.15, 0.2) is 5.16 Å². The zero-order valence-corrected chi connectivity index (χ0v) is 12.4. The monoisotopic (exact) mass is 284 g/mol. The Morgan fingerprint density at radius 3 is 3.11 bits per heavy atom. The van der Waals surface area contributed by atoms with Gasteiger partial charge in [-0.25, -0.2) is 0 Å². The number of carbonyl (C=O) groups is 1. The predicted octanol–water partition coefficient (Wildman–Crippen LogP) is 0.981. The molecular weight excluding hydrogens is 264 g/mol. The molecule has 1 heterocycles. The first kappa shape index (κ1) is 14.3. The minimum Gasteiger partial charge on any atom is -0.468 e. The molecule has 0 bridgehead atoms. The number of methoxy groups -OCH3 is 1. The van der Waals surface area contributed by atoms with Crippen molar-refractivity contribution >= 4 is 17.7 Å². The first-order valence-electron chi connectivity index (χ1n) is 6.45. The van der Waals surface area contributed by atoms with Gasteiger partial charge in [-0.3, -0.25) is 4.79 Å². The average molecular weight is 284 g/mol. The SMILES string of the molecule is CCNC1(C(=O)OC)CCC(Sc2nncn2C)C1. The largest absolute Gasteiger partial charge is 0.468 e. The Bertz CT molecular complexity index is 451. The third kappa shape index (κ3) is 2.92. The van der Waals surface area contributed by atoms with E-state index in [1.54, 1.807) is 18.1 Å². The summed E-state index contributed by atoms with van der Waals surface area (Å²) in [6.45, 7) is 2.77. The number of esters is 1. The second-order valence-electron chi connectivity index (χ2n) is 4.81. The second kappa shape index (κ2) is 5.92. The molecule has 19 heavy (non-hydrogen) atoms. The van der Waals surface area contributed by atoms with Gasteiger partial charge in [0.2, 0.25) is 0 Å². The van der Waals surface area contributed by atoms with E-state index in [9.17, 15) is 4.79 Å². The highest BCUT2D eigenvalue weighted by atomic mass is 32.2. The van der Waals surface area contributed by atoms with Gasteiger partial charge in [0, 0.05) is 12.3 Å². The van der Waals surface area contributed by atoms with Gasteiger partial charge in [0.25, 0.3) is 0 Å². The second-order valence-corrected chi connectivity index (χ2v) is 6.08. The molecule has 1 saturated carbocycles. The number of aromatic nitrogens is 3.